The van der Waals surface area contributed by atoms with E-state index in [0.29, 0.717) is 34.6 Å². The molecule has 3 aromatic heterocycles. The predicted molar refractivity (Wildman–Crippen MR) is 110 cm³/mol. The number of hydrogen-bond acceptors (Lipinski definition) is 6. The van der Waals surface area contributed by atoms with E-state index >= 15 is 0 Å². The number of alkyl halides is 3. The van der Waals surface area contributed by atoms with Crippen LogP contribution in [0, 0.1) is 0 Å². The van der Waals surface area contributed by atoms with Gasteiger partial charge in [0.25, 0.3) is 5.56 Å². The maximum Gasteiger partial charge on any atom is 0.433 e. The molecule has 0 spiro atoms. The zero-order chi connectivity index (χ0) is 20.9. The van der Waals surface area contributed by atoms with Gasteiger partial charge in [-0.15, -0.1) is 11.3 Å². The van der Waals surface area contributed by atoms with Crippen molar-refractivity contribution >= 4 is 33.3 Å². The lowest BCUT2D eigenvalue weighted by Crippen LogP contribution is -2.19. The van der Waals surface area contributed by atoms with E-state index in [1.165, 1.54) is 4.88 Å². The fraction of sp³-hybridized carbons (Fsp3) is 0.500. The Morgan fingerprint density at radius 2 is 1.70 bits per heavy atom. The first-order chi connectivity index (χ1) is 14.4. The predicted octanol–water partition coefficient (Wildman–Crippen LogP) is 4.84. The number of nitrogens with one attached hydrogen (secondary N) is 1. The van der Waals surface area contributed by atoms with E-state index in [9.17, 15) is 18.0 Å². The minimum atomic E-state index is -4.50. The van der Waals surface area contributed by atoms with Gasteiger partial charge < -0.3 is 4.98 Å². The number of rotatable bonds is 3. The van der Waals surface area contributed by atoms with Gasteiger partial charge in [-0.2, -0.15) is 13.2 Å². The number of thiophene rings is 1. The second-order valence-electron chi connectivity index (χ2n) is 7.68. The second kappa shape index (κ2) is 7.64. The Balaban J connectivity index is 1.45. The van der Waals surface area contributed by atoms with E-state index in [1.54, 1.807) is 11.3 Å². The highest BCUT2D eigenvalue weighted by Gasteiger charge is 2.38. The summed E-state index contributed by atoms with van der Waals surface area (Å²) in [6.07, 6.45) is 2.04. The summed E-state index contributed by atoms with van der Waals surface area (Å²) in [7, 11) is 0. The van der Waals surface area contributed by atoms with Crippen molar-refractivity contribution in [1.29, 1.82) is 0 Å². The van der Waals surface area contributed by atoms with Gasteiger partial charge in [0, 0.05) is 16.1 Å². The third kappa shape index (κ3) is 3.64. The van der Waals surface area contributed by atoms with Gasteiger partial charge in [0.05, 0.1) is 11.1 Å². The Morgan fingerprint density at radius 1 is 0.967 bits per heavy atom. The molecule has 158 valence electrons. The van der Waals surface area contributed by atoms with E-state index in [4.69, 9.17) is 0 Å². The number of hydrogen-bond donors (Lipinski definition) is 1. The summed E-state index contributed by atoms with van der Waals surface area (Å²) >= 11 is 2.63. The van der Waals surface area contributed by atoms with Crippen molar-refractivity contribution in [2.75, 3.05) is 0 Å². The average Bonchev–Trinajstić information content (AvgIpc) is 3.10. The Kier molecular flexibility index (Phi) is 5.09. The molecule has 0 unspecified atom stereocenters. The van der Waals surface area contributed by atoms with Gasteiger partial charge in [-0.1, -0.05) is 11.8 Å². The Labute approximate surface area is 178 Å². The van der Waals surface area contributed by atoms with Crippen LogP contribution in [0.15, 0.2) is 9.95 Å². The van der Waals surface area contributed by atoms with Crippen LogP contribution in [0.4, 0.5) is 13.2 Å². The lowest BCUT2D eigenvalue weighted by atomic mass is 9.94. The molecule has 10 heteroatoms. The molecule has 30 heavy (non-hydrogen) atoms. The third-order valence-electron chi connectivity index (χ3n) is 5.64. The Bertz CT molecular complexity index is 1190. The van der Waals surface area contributed by atoms with Crippen molar-refractivity contribution in [1.82, 2.24) is 19.9 Å². The van der Waals surface area contributed by atoms with Gasteiger partial charge >= 0.3 is 6.18 Å². The van der Waals surface area contributed by atoms with Crippen molar-refractivity contribution in [2.45, 2.75) is 68.5 Å². The van der Waals surface area contributed by atoms with E-state index in [-0.39, 0.29) is 22.0 Å². The number of aryl methyl sites for hydroxylation is 3. The van der Waals surface area contributed by atoms with Gasteiger partial charge in [-0.25, -0.2) is 15.0 Å². The van der Waals surface area contributed by atoms with Crippen molar-refractivity contribution < 1.29 is 13.2 Å². The molecule has 0 aromatic carbocycles. The van der Waals surface area contributed by atoms with Gasteiger partial charge in [0.1, 0.15) is 10.7 Å². The lowest BCUT2D eigenvalue weighted by Gasteiger charge is -2.20. The summed E-state index contributed by atoms with van der Waals surface area (Å²) in [5.74, 6) is 0.648. The SMILES string of the molecule is O=c1[nH]c(CSc2nc3c(c(C(F)(F)F)n2)CCCC3)nc2sc3c(c12)CCCC3. The normalized spacial score (nSPS) is 16.5. The first-order valence-corrected chi connectivity index (χ1v) is 11.8. The van der Waals surface area contributed by atoms with Gasteiger partial charge in [0.2, 0.25) is 0 Å². The molecule has 0 amide bonds. The number of H-pyrrole nitrogens is 1. The molecule has 2 aliphatic carbocycles. The van der Waals surface area contributed by atoms with Gasteiger partial charge in [-0.05, 0) is 56.9 Å². The Hall–Kier alpha value is -1.94. The fourth-order valence-electron chi connectivity index (χ4n) is 4.28. The average molecular weight is 453 g/mol. The van der Waals surface area contributed by atoms with Crippen LogP contribution in [0.3, 0.4) is 0 Å². The molecule has 2 aliphatic rings. The number of aromatic amines is 1. The van der Waals surface area contributed by atoms with Crippen LogP contribution in [0.25, 0.3) is 10.2 Å². The minimum Gasteiger partial charge on any atom is -0.309 e. The highest BCUT2D eigenvalue weighted by atomic mass is 32.2. The smallest absolute Gasteiger partial charge is 0.309 e. The lowest BCUT2D eigenvalue weighted by molar-refractivity contribution is -0.142. The molecule has 0 fully saturated rings. The van der Waals surface area contributed by atoms with Crippen LogP contribution in [0.2, 0.25) is 0 Å². The summed E-state index contributed by atoms with van der Waals surface area (Å²) in [6.45, 7) is 0. The number of thioether (sulfide) groups is 1. The molecule has 3 heterocycles. The molecule has 0 bridgehead atoms. The van der Waals surface area contributed by atoms with Gasteiger partial charge in [0.15, 0.2) is 10.9 Å². The Morgan fingerprint density at radius 3 is 2.50 bits per heavy atom. The maximum absolute atomic E-state index is 13.5. The molecule has 3 aromatic rings. The topological polar surface area (TPSA) is 71.5 Å². The monoisotopic (exact) mass is 452 g/mol. The number of nitrogens with zero attached hydrogens (tertiary/aromatic N) is 3. The molecular weight excluding hydrogens is 433 g/mol. The molecule has 0 saturated heterocycles. The van der Waals surface area contributed by atoms with E-state index in [2.05, 4.69) is 19.9 Å². The van der Waals surface area contributed by atoms with Crippen LogP contribution < -0.4 is 5.56 Å². The van der Waals surface area contributed by atoms with Crippen molar-refractivity contribution in [2.24, 2.45) is 0 Å². The fourth-order valence-corrected chi connectivity index (χ4v) is 6.29. The molecule has 0 atom stereocenters. The molecule has 5 rings (SSSR count). The molecular formula is C20H19F3N4OS2. The molecule has 5 nitrogen and oxygen atoms in total. The van der Waals surface area contributed by atoms with E-state index < -0.39 is 11.9 Å². The van der Waals surface area contributed by atoms with Crippen LogP contribution >= 0.6 is 23.1 Å². The van der Waals surface area contributed by atoms with Crippen LogP contribution in [0.1, 0.15) is 58.9 Å². The molecule has 1 N–H and O–H groups in total. The summed E-state index contributed by atoms with van der Waals surface area (Å²) in [4.78, 5) is 30.2. The first-order valence-electron chi connectivity index (χ1n) is 10.0. The maximum atomic E-state index is 13.5. The standard InChI is InChI=1S/C20H19F3N4OS2/c21-20(22,23)16-10-5-1-3-7-12(10)24-19(27-16)29-9-14-25-17(28)15-11-6-2-4-8-13(11)30-18(15)26-14/h1-9H2,(H,25,26,28). The van der Waals surface area contributed by atoms with E-state index in [1.807, 2.05) is 0 Å². The van der Waals surface area contributed by atoms with Crippen molar-refractivity contribution in [3.63, 3.8) is 0 Å². The summed E-state index contributed by atoms with van der Waals surface area (Å²) in [5, 5.41) is 0.754. The highest BCUT2D eigenvalue weighted by molar-refractivity contribution is 7.98. The second-order valence-corrected chi connectivity index (χ2v) is 9.70. The number of aromatic nitrogens is 4. The minimum absolute atomic E-state index is 0.0798. The highest BCUT2D eigenvalue weighted by Crippen LogP contribution is 2.37. The largest absolute Gasteiger partial charge is 0.433 e. The molecule has 0 aliphatic heterocycles. The van der Waals surface area contributed by atoms with Crippen LogP contribution in [-0.2, 0) is 37.6 Å². The first kappa shape index (κ1) is 20.0. The molecule has 0 radical (unpaired) electrons. The van der Waals surface area contributed by atoms with Crippen molar-refractivity contribution in [3.8, 4) is 0 Å². The summed E-state index contributed by atoms with van der Waals surface area (Å²) in [6, 6.07) is 0. The summed E-state index contributed by atoms with van der Waals surface area (Å²) < 4.78 is 40.5. The number of fused-ring (bicyclic) bond motifs is 4. The van der Waals surface area contributed by atoms with Gasteiger partial charge in [-0.3, -0.25) is 4.79 Å². The van der Waals surface area contributed by atoms with Crippen molar-refractivity contribution in [3.05, 3.63) is 43.6 Å². The quantitative estimate of drug-likeness (QED) is 0.455. The van der Waals surface area contributed by atoms with Crippen LogP contribution in [0.5, 0.6) is 0 Å². The molecule has 0 saturated carbocycles. The van der Waals surface area contributed by atoms with E-state index in [0.717, 1.165) is 55.9 Å². The summed E-state index contributed by atoms with van der Waals surface area (Å²) in [5.41, 5.74) is 0.848. The zero-order valence-electron chi connectivity index (χ0n) is 16.1. The number of halogens is 3. The van der Waals surface area contributed by atoms with Crippen LogP contribution in [-0.4, -0.2) is 19.9 Å². The third-order valence-corrected chi connectivity index (χ3v) is 7.69. The zero-order valence-corrected chi connectivity index (χ0v) is 17.7.